The van der Waals surface area contributed by atoms with Crippen molar-refractivity contribution in [3.63, 3.8) is 0 Å². The summed E-state index contributed by atoms with van der Waals surface area (Å²) in [6.45, 7) is 6.46. The number of hydrogen-bond acceptors (Lipinski definition) is 3. The number of methoxy groups -OCH3 is 1. The standard InChI is InChI=1S/C12H20N2O/c1-10-7-14(9-12(10)15-2)8-11-4-3-5-13-6-11/h4,6,10,12H,3,5,7-9H2,1-2H3. The Morgan fingerprint density at radius 3 is 3.00 bits per heavy atom. The number of rotatable bonds is 3. The lowest BCUT2D eigenvalue weighted by molar-refractivity contribution is 0.0843. The number of nitrogens with zero attached hydrogens (tertiary/aromatic N) is 2. The molecule has 0 aromatic heterocycles. The molecule has 2 heterocycles. The molecule has 1 saturated heterocycles. The van der Waals surface area contributed by atoms with Crippen molar-refractivity contribution < 1.29 is 4.74 Å². The second kappa shape index (κ2) is 4.90. The maximum Gasteiger partial charge on any atom is 0.0735 e. The molecule has 2 rings (SSSR count). The van der Waals surface area contributed by atoms with E-state index < -0.39 is 0 Å². The summed E-state index contributed by atoms with van der Waals surface area (Å²) in [6.07, 6.45) is 5.83. The maximum atomic E-state index is 5.45. The van der Waals surface area contributed by atoms with Crippen molar-refractivity contribution in [3.05, 3.63) is 11.6 Å². The first-order chi connectivity index (χ1) is 7.29. The first-order valence-corrected chi connectivity index (χ1v) is 5.73. The second-order valence-electron chi connectivity index (χ2n) is 4.55. The Hall–Kier alpha value is -0.670. The molecule has 1 fully saturated rings. The molecule has 0 saturated carbocycles. The third kappa shape index (κ3) is 2.67. The molecule has 3 heteroatoms. The zero-order valence-corrected chi connectivity index (χ0v) is 9.65. The van der Waals surface area contributed by atoms with Crippen LogP contribution in [0.1, 0.15) is 13.3 Å². The summed E-state index contributed by atoms with van der Waals surface area (Å²) >= 11 is 0. The maximum absolute atomic E-state index is 5.45. The summed E-state index contributed by atoms with van der Waals surface area (Å²) in [6, 6.07) is 0. The van der Waals surface area contributed by atoms with Gasteiger partial charge in [0.05, 0.1) is 6.10 Å². The van der Waals surface area contributed by atoms with Crippen LogP contribution >= 0.6 is 0 Å². The molecule has 3 nitrogen and oxygen atoms in total. The number of hydrogen-bond donors (Lipinski definition) is 0. The van der Waals surface area contributed by atoms with Crippen LogP contribution in [0.5, 0.6) is 0 Å². The monoisotopic (exact) mass is 208 g/mol. The fourth-order valence-corrected chi connectivity index (χ4v) is 2.39. The molecule has 2 aliphatic rings. The lowest BCUT2D eigenvalue weighted by atomic mass is 10.1. The Kier molecular flexibility index (Phi) is 3.54. The molecular weight excluding hydrogens is 188 g/mol. The average molecular weight is 208 g/mol. The minimum Gasteiger partial charge on any atom is -0.380 e. The van der Waals surface area contributed by atoms with Crippen molar-refractivity contribution in [2.75, 3.05) is 33.3 Å². The van der Waals surface area contributed by atoms with E-state index in [2.05, 4.69) is 22.9 Å². The molecule has 0 radical (unpaired) electrons. The summed E-state index contributed by atoms with van der Waals surface area (Å²) in [4.78, 5) is 6.77. The van der Waals surface area contributed by atoms with Crippen LogP contribution in [0.15, 0.2) is 16.6 Å². The van der Waals surface area contributed by atoms with Gasteiger partial charge in [0.2, 0.25) is 0 Å². The van der Waals surface area contributed by atoms with E-state index in [1.807, 2.05) is 13.3 Å². The molecule has 0 aromatic carbocycles. The first-order valence-electron chi connectivity index (χ1n) is 5.73. The van der Waals surface area contributed by atoms with Crippen LogP contribution in [0.2, 0.25) is 0 Å². The van der Waals surface area contributed by atoms with E-state index in [4.69, 9.17) is 4.74 Å². The molecule has 0 N–H and O–H groups in total. The SMILES string of the molecule is COC1CN(CC2=CCCN=C2)CC1C. The highest BCUT2D eigenvalue weighted by Gasteiger charge is 2.29. The molecule has 2 atom stereocenters. The Balaban J connectivity index is 1.86. The van der Waals surface area contributed by atoms with E-state index in [1.54, 1.807) is 0 Å². The van der Waals surface area contributed by atoms with Gasteiger partial charge in [-0.1, -0.05) is 13.0 Å². The van der Waals surface area contributed by atoms with Gasteiger partial charge in [0, 0.05) is 39.5 Å². The van der Waals surface area contributed by atoms with E-state index in [9.17, 15) is 0 Å². The Morgan fingerprint density at radius 1 is 1.53 bits per heavy atom. The predicted octanol–water partition coefficient (Wildman–Crippen LogP) is 1.35. The van der Waals surface area contributed by atoms with Gasteiger partial charge < -0.3 is 4.74 Å². The molecule has 0 aliphatic carbocycles. The van der Waals surface area contributed by atoms with Gasteiger partial charge in [-0.2, -0.15) is 0 Å². The van der Waals surface area contributed by atoms with Gasteiger partial charge in [0.25, 0.3) is 0 Å². The van der Waals surface area contributed by atoms with Crippen molar-refractivity contribution in [3.8, 4) is 0 Å². The molecule has 0 bridgehead atoms. The van der Waals surface area contributed by atoms with Crippen LogP contribution in [-0.4, -0.2) is 50.5 Å². The highest BCUT2D eigenvalue weighted by Crippen LogP contribution is 2.19. The number of ether oxygens (including phenoxy) is 1. The van der Waals surface area contributed by atoms with Crippen LogP contribution < -0.4 is 0 Å². The molecule has 0 aromatic rings. The van der Waals surface area contributed by atoms with Gasteiger partial charge in [0.15, 0.2) is 0 Å². The lowest BCUT2D eigenvalue weighted by Crippen LogP contribution is -2.26. The van der Waals surface area contributed by atoms with Gasteiger partial charge in [-0.05, 0) is 17.9 Å². The van der Waals surface area contributed by atoms with Gasteiger partial charge in [-0.3, -0.25) is 9.89 Å². The highest BCUT2D eigenvalue weighted by molar-refractivity contribution is 5.79. The molecule has 0 spiro atoms. The zero-order chi connectivity index (χ0) is 10.7. The van der Waals surface area contributed by atoms with Crippen LogP contribution in [-0.2, 0) is 4.74 Å². The van der Waals surface area contributed by atoms with Crippen molar-refractivity contribution in [2.24, 2.45) is 10.9 Å². The number of dihydropyridines is 1. The molecular formula is C12H20N2O. The van der Waals surface area contributed by atoms with E-state index in [0.717, 1.165) is 32.6 Å². The smallest absolute Gasteiger partial charge is 0.0735 e. The summed E-state index contributed by atoms with van der Waals surface area (Å²) in [5.74, 6) is 0.649. The summed E-state index contributed by atoms with van der Waals surface area (Å²) < 4.78 is 5.45. The lowest BCUT2D eigenvalue weighted by Gasteiger charge is -2.17. The van der Waals surface area contributed by atoms with E-state index in [-0.39, 0.29) is 0 Å². The summed E-state index contributed by atoms with van der Waals surface area (Å²) in [5.41, 5.74) is 1.37. The van der Waals surface area contributed by atoms with Crippen molar-refractivity contribution >= 4 is 6.21 Å². The summed E-state index contributed by atoms with van der Waals surface area (Å²) in [5, 5.41) is 0. The number of likely N-dealkylation sites (tertiary alicyclic amines) is 1. The van der Waals surface area contributed by atoms with Crippen molar-refractivity contribution in [1.29, 1.82) is 0 Å². The van der Waals surface area contributed by atoms with Gasteiger partial charge in [0.1, 0.15) is 0 Å². The quantitative estimate of drug-likeness (QED) is 0.699. The van der Waals surface area contributed by atoms with E-state index >= 15 is 0 Å². The minimum absolute atomic E-state index is 0.408. The van der Waals surface area contributed by atoms with Crippen LogP contribution in [0.4, 0.5) is 0 Å². The average Bonchev–Trinajstić information content (AvgIpc) is 2.60. The molecule has 84 valence electrons. The predicted molar refractivity (Wildman–Crippen MR) is 62.5 cm³/mol. The largest absolute Gasteiger partial charge is 0.380 e. The van der Waals surface area contributed by atoms with Crippen molar-refractivity contribution in [2.45, 2.75) is 19.4 Å². The summed E-state index contributed by atoms with van der Waals surface area (Å²) in [7, 11) is 1.81. The second-order valence-corrected chi connectivity index (χ2v) is 4.55. The Bertz CT molecular complexity index is 273. The first kappa shape index (κ1) is 10.8. The topological polar surface area (TPSA) is 24.8 Å². The van der Waals surface area contributed by atoms with Gasteiger partial charge in [-0.15, -0.1) is 0 Å². The van der Waals surface area contributed by atoms with Crippen LogP contribution in [0.25, 0.3) is 0 Å². The van der Waals surface area contributed by atoms with Crippen molar-refractivity contribution in [1.82, 2.24) is 4.90 Å². The van der Waals surface area contributed by atoms with Gasteiger partial charge in [-0.25, -0.2) is 0 Å². The van der Waals surface area contributed by atoms with Gasteiger partial charge >= 0.3 is 0 Å². The fourth-order valence-electron chi connectivity index (χ4n) is 2.39. The third-order valence-corrected chi connectivity index (χ3v) is 3.25. The molecule has 15 heavy (non-hydrogen) atoms. The Labute approximate surface area is 91.8 Å². The van der Waals surface area contributed by atoms with E-state index in [0.29, 0.717) is 12.0 Å². The zero-order valence-electron chi connectivity index (χ0n) is 9.65. The third-order valence-electron chi connectivity index (χ3n) is 3.25. The number of aliphatic imine (C=N–C) groups is 1. The molecule has 2 unspecified atom stereocenters. The molecule has 0 amide bonds. The Morgan fingerprint density at radius 2 is 2.40 bits per heavy atom. The fraction of sp³-hybridized carbons (Fsp3) is 0.750. The molecule has 2 aliphatic heterocycles. The normalized spacial score (nSPS) is 32.0. The van der Waals surface area contributed by atoms with Crippen LogP contribution in [0, 0.1) is 5.92 Å². The van der Waals surface area contributed by atoms with E-state index in [1.165, 1.54) is 5.57 Å². The minimum atomic E-state index is 0.408. The highest BCUT2D eigenvalue weighted by atomic mass is 16.5. The van der Waals surface area contributed by atoms with Crippen LogP contribution in [0.3, 0.4) is 0 Å².